The smallest absolute Gasteiger partial charge is 0.251 e. The summed E-state index contributed by atoms with van der Waals surface area (Å²) in [6, 6.07) is 11.4. The summed E-state index contributed by atoms with van der Waals surface area (Å²) in [6.07, 6.45) is 0.0311. The molecule has 0 aliphatic carbocycles. The number of aromatic amines is 1. The van der Waals surface area contributed by atoms with E-state index in [1.807, 2.05) is 23.1 Å². The Morgan fingerprint density at radius 1 is 1.18 bits per heavy atom. The van der Waals surface area contributed by atoms with E-state index in [1.54, 1.807) is 0 Å². The molecule has 0 spiro atoms. The van der Waals surface area contributed by atoms with Crippen LogP contribution in [0, 0.1) is 0 Å². The topological polar surface area (TPSA) is 98.4 Å². The van der Waals surface area contributed by atoms with Crippen molar-refractivity contribution in [3.8, 4) is 0 Å². The van der Waals surface area contributed by atoms with E-state index in [9.17, 15) is 14.4 Å². The third-order valence-electron chi connectivity index (χ3n) is 4.48. The molecule has 1 aromatic carbocycles. The summed E-state index contributed by atoms with van der Waals surface area (Å²) < 4.78 is 0. The molecule has 0 radical (unpaired) electrons. The molecular weight excluding hydrogens is 378 g/mol. The predicted octanol–water partition coefficient (Wildman–Crippen LogP) is 0.499. The van der Waals surface area contributed by atoms with Crippen molar-refractivity contribution < 1.29 is 9.59 Å². The first-order valence-electron chi connectivity index (χ1n) is 9.06. The Hall–Kier alpha value is -2.81. The van der Waals surface area contributed by atoms with E-state index in [0.717, 1.165) is 13.1 Å². The number of benzene rings is 1. The second kappa shape index (κ2) is 9.41. The summed E-state index contributed by atoms with van der Waals surface area (Å²) in [7, 11) is 1.53. The summed E-state index contributed by atoms with van der Waals surface area (Å²) in [5.74, 6) is -0.0176. The van der Waals surface area contributed by atoms with Crippen molar-refractivity contribution in [2.45, 2.75) is 11.6 Å². The Morgan fingerprint density at radius 2 is 1.89 bits per heavy atom. The van der Waals surface area contributed by atoms with Crippen LogP contribution in [0.5, 0.6) is 0 Å². The number of hydrogen-bond donors (Lipinski definition) is 2. The first-order valence-corrected chi connectivity index (χ1v) is 10.0. The summed E-state index contributed by atoms with van der Waals surface area (Å²) in [6.45, 7) is 2.90. The fraction of sp³-hybridized carbons (Fsp3) is 0.368. The van der Waals surface area contributed by atoms with E-state index in [4.69, 9.17) is 0 Å². The SMILES string of the molecule is CNC(=O)Cc1cc(=O)[nH]c(SCC(=O)N2CCN(c3ccccc3)CC2)n1. The number of H-pyrrole nitrogens is 1. The zero-order valence-electron chi connectivity index (χ0n) is 15.7. The van der Waals surface area contributed by atoms with Crippen LogP contribution in [-0.2, 0) is 16.0 Å². The van der Waals surface area contributed by atoms with Crippen molar-refractivity contribution in [2.24, 2.45) is 0 Å². The number of para-hydroxylation sites is 1. The van der Waals surface area contributed by atoms with Gasteiger partial charge in [0.2, 0.25) is 11.8 Å². The second-order valence-electron chi connectivity index (χ2n) is 6.38. The maximum Gasteiger partial charge on any atom is 0.251 e. The number of rotatable bonds is 6. The van der Waals surface area contributed by atoms with Crippen molar-refractivity contribution in [1.82, 2.24) is 20.2 Å². The van der Waals surface area contributed by atoms with Crippen LogP contribution in [0.3, 0.4) is 0 Å². The molecule has 1 aromatic heterocycles. The van der Waals surface area contributed by atoms with Gasteiger partial charge >= 0.3 is 0 Å². The Kier molecular flexibility index (Phi) is 6.70. The zero-order chi connectivity index (χ0) is 19.9. The van der Waals surface area contributed by atoms with Crippen LogP contribution >= 0.6 is 11.8 Å². The maximum absolute atomic E-state index is 12.5. The van der Waals surface area contributed by atoms with Gasteiger partial charge in [-0.1, -0.05) is 30.0 Å². The van der Waals surface area contributed by atoms with Crippen molar-refractivity contribution >= 4 is 29.3 Å². The van der Waals surface area contributed by atoms with Crippen LogP contribution in [0.25, 0.3) is 0 Å². The number of nitrogens with one attached hydrogen (secondary N) is 2. The van der Waals surface area contributed by atoms with E-state index in [0.29, 0.717) is 23.9 Å². The van der Waals surface area contributed by atoms with Crippen LogP contribution < -0.4 is 15.8 Å². The highest BCUT2D eigenvalue weighted by Gasteiger charge is 2.21. The molecule has 8 nitrogen and oxygen atoms in total. The first-order chi connectivity index (χ1) is 13.5. The van der Waals surface area contributed by atoms with Crippen LogP contribution in [0.2, 0.25) is 0 Å². The minimum Gasteiger partial charge on any atom is -0.368 e. The number of aromatic nitrogens is 2. The highest BCUT2D eigenvalue weighted by Crippen LogP contribution is 2.17. The third-order valence-corrected chi connectivity index (χ3v) is 5.34. The van der Waals surface area contributed by atoms with Crippen molar-refractivity contribution in [3.05, 3.63) is 52.4 Å². The minimum atomic E-state index is -0.333. The normalized spacial score (nSPS) is 14.0. The number of thioether (sulfide) groups is 1. The van der Waals surface area contributed by atoms with Gasteiger partial charge in [-0.25, -0.2) is 4.98 Å². The van der Waals surface area contributed by atoms with Gasteiger partial charge in [0, 0.05) is 45.0 Å². The van der Waals surface area contributed by atoms with Crippen molar-refractivity contribution in [1.29, 1.82) is 0 Å². The molecule has 1 saturated heterocycles. The van der Waals surface area contributed by atoms with E-state index >= 15 is 0 Å². The monoisotopic (exact) mass is 401 g/mol. The van der Waals surface area contributed by atoms with Gasteiger partial charge in [-0.15, -0.1) is 0 Å². The lowest BCUT2D eigenvalue weighted by molar-refractivity contribution is -0.128. The predicted molar refractivity (Wildman–Crippen MR) is 109 cm³/mol. The summed E-state index contributed by atoms with van der Waals surface area (Å²) in [5, 5.41) is 2.85. The lowest BCUT2D eigenvalue weighted by atomic mass is 10.2. The number of amides is 2. The lowest BCUT2D eigenvalue weighted by Crippen LogP contribution is -2.49. The van der Waals surface area contributed by atoms with E-state index in [2.05, 4.69) is 32.3 Å². The Labute approximate surface area is 167 Å². The first kappa shape index (κ1) is 19.9. The molecule has 2 N–H and O–H groups in total. The van der Waals surface area contributed by atoms with Gasteiger partial charge < -0.3 is 20.1 Å². The van der Waals surface area contributed by atoms with Crippen LogP contribution in [0.1, 0.15) is 5.69 Å². The number of carbonyl (C=O) groups excluding carboxylic acids is 2. The van der Waals surface area contributed by atoms with E-state index in [1.165, 1.54) is 30.6 Å². The maximum atomic E-state index is 12.5. The van der Waals surface area contributed by atoms with Gasteiger partial charge in [-0.3, -0.25) is 14.4 Å². The lowest BCUT2D eigenvalue weighted by Gasteiger charge is -2.36. The van der Waals surface area contributed by atoms with Gasteiger partial charge in [0.15, 0.2) is 5.16 Å². The van der Waals surface area contributed by atoms with Gasteiger partial charge in [0.05, 0.1) is 17.9 Å². The van der Waals surface area contributed by atoms with Gasteiger partial charge in [-0.2, -0.15) is 0 Å². The van der Waals surface area contributed by atoms with Crippen LogP contribution in [-0.4, -0.2) is 65.7 Å². The standard InChI is InChI=1S/C19H23N5O3S/c1-20-16(25)11-14-12-17(26)22-19(21-14)28-13-18(27)24-9-7-23(8-10-24)15-5-3-2-4-6-15/h2-6,12H,7-11,13H2,1H3,(H,20,25)(H,21,22,26). The number of likely N-dealkylation sites (N-methyl/N-ethyl adjacent to an activating group) is 1. The Balaban J connectivity index is 1.52. The van der Waals surface area contributed by atoms with Gasteiger partial charge in [0.1, 0.15) is 0 Å². The minimum absolute atomic E-state index is 0.0112. The average molecular weight is 401 g/mol. The molecule has 1 fully saturated rings. The van der Waals surface area contributed by atoms with Gasteiger partial charge in [-0.05, 0) is 12.1 Å². The molecule has 2 aromatic rings. The molecule has 2 heterocycles. The molecule has 0 atom stereocenters. The molecule has 28 heavy (non-hydrogen) atoms. The average Bonchev–Trinajstić information content (AvgIpc) is 2.72. The fourth-order valence-electron chi connectivity index (χ4n) is 2.97. The molecule has 3 rings (SSSR count). The molecule has 2 amide bonds. The fourth-order valence-corrected chi connectivity index (χ4v) is 3.77. The molecule has 0 unspecified atom stereocenters. The molecular formula is C19H23N5O3S. The summed E-state index contributed by atoms with van der Waals surface area (Å²) >= 11 is 1.18. The number of nitrogens with zero attached hydrogens (tertiary/aromatic N) is 3. The third kappa shape index (κ3) is 5.35. The Bertz CT molecular complexity index is 879. The number of anilines is 1. The second-order valence-corrected chi connectivity index (χ2v) is 7.35. The number of piperazine rings is 1. The Morgan fingerprint density at radius 3 is 2.57 bits per heavy atom. The summed E-state index contributed by atoms with van der Waals surface area (Å²) in [4.78, 5) is 46.7. The molecule has 0 saturated carbocycles. The quantitative estimate of drug-likeness (QED) is 0.540. The molecule has 148 valence electrons. The van der Waals surface area contributed by atoms with E-state index < -0.39 is 0 Å². The highest BCUT2D eigenvalue weighted by atomic mass is 32.2. The largest absolute Gasteiger partial charge is 0.368 e. The van der Waals surface area contributed by atoms with Crippen LogP contribution in [0.4, 0.5) is 5.69 Å². The van der Waals surface area contributed by atoms with Crippen molar-refractivity contribution in [2.75, 3.05) is 43.9 Å². The number of carbonyl (C=O) groups is 2. The molecule has 0 bridgehead atoms. The highest BCUT2D eigenvalue weighted by molar-refractivity contribution is 7.99. The number of hydrogen-bond acceptors (Lipinski definition) is 6. The molecule has 9 heteroatoms. The van der Waals surface area contributed by atoms with Crippen LogP contribution in [0.15, 0.2) is 46.3 Å². The van der Waals surface area contributed by atoms with Gasteiger partial charge in [0.25, 0.3) is 5.56 Å². The molecule has 1 aliphatic heterocycles. The molecule has 1 aliphatic rings. The zero-order valence-corrected chi connectivity index (χ0v) is 16.5. The summed E-state index contributed by atoms with van der Waals surface area (Å²) in [5.41, 5.74) is 1.22. The van der Waals surface area contributed by atoms with Crippen molar-refractivity contribution in [3.63, 3.8) is 0 Å². The van der Waals surface area contributed by atoms with E-state index in [-0.39, 0.29) is 29.5 Å².